The molecule has 1 amide bonds. The van der Waals surface area contributed by atoms with Crippen molar-refractivity contribution in [2.45, 2.75) is 321 Å². The molecule has 0 aromatic heterocycles. The second kappa shape index (κ2) is 49.5. The molecule has 0 bridgehead atoms. The molecule has 8 nitrogen and oxygen atoms in total. The number of carbonyl (C=O) groups is 1. The monoisotopic (exact) mass is 958 g/mol. The summed E-state index contributed by atoms with van der Waals surface area (Å²) < 4.78 is 23.8. The van der Waals surface area contributed by atoms with Crippen LogP contribution < -0.4 is 5.32 Å². The smallest absolute Gasteiger partial charge is 0.391 e. The third-order valence-electron chi connectivity index (χ3n) is 13.9. The molecule has 66 heavy (non-hydrogen) atoms. The van der Waals surface area contributed by atoms with Gasteiger partial charge in [0.2, 0.25) is 5.91 Å². The zero-order chi connectivity index (χ0) is 48.5. The summed E-state index contributed by atoms with van der Waals surface area (Å²) in [6.45, 7) is 4.94. The van der Waals surface area contributed by atoms with Gasteiger partial charge in [0.1, 0.15) is 13.2 Å². The number of hydrogen-bond acceptors (Lipinski definition) is 5. The Kier molecular flexibility index (Phi) is 49.1. The molecule has 396 valence electrons. The van der Waals surface area contributed by atoms with Crippen LogP contribution in [0, 0.1) is 0 Å². The molecule has 0 rings (SSSR count). The Morgan fingerprint density at radius 1 is 0.455 bits per heavy atom. The van der Waals surface area contributed by atoms with Gasteiger partial charge in [-0.25, -0.2) is 4.57 Å². The predicted molar refractivity (Wildman–Crippen MR) is 286 cm³/mol. The summed E-state index contributed by atoms with van der Waals surface area (Å²) in [6, 6.07) is -0.755. The fourth-order valence-corrected chi connectivity index (χ4v) is 9.96. The first-order valence-corrected chi connectivity index (χ1v) is 30.9. The lowest BCUT2D eigenvalue weighted by Gasteiger charge is -2.26. The topological polar surface area (TPSA) is 105 Å². The Hall–Kier alpha value is -0.500. The van der Waals surface area contributed by atoms with Crippen molar-refractivity contribution in [2.75, 3.05) is 40.9 Å². The maximum atomic E-state index is 13.0. The van der Waals surface area contributed by atoms with Gasteiger partial charge in [-0.1, -0.05) is 290 Å². The molecule has 0 aliphatic heterocycles. The van der Waals surface area contributed by atoms with Gasteiger partial charge in [-0.15, -0.1) is 0 Å². The number of phosphoric acid groups is 1. The highest BCUT2D eigenvalue weighted by molar-refractivity contribution is 7.47. The molecule has 0 heterocycles. The number of carbonyl (C=O) groups excluding carboxylic acids is 1. The Morgan fingerprint density at radius 2 is 0.727 bits per heavy atom. The first-order chi connectivity index (χ1) is 32.0. The third kappa shape index (κ3) is 51.4. The van der Waals surface area contributed by atoms with Crippen molar-refractivity contribution in [2.24, 2.45) is 0 Å². The standard InChI is InChI=1S/C57H117N2O6P/c1-6-8-10-12-14-16-18-20-22-24-25-26-27-28-29-30-31-32-33-34-35-37-39-41-43-45-47-49-51-57(61)58-55(54-65-66(62,63)64-53-52-59(3,4)5)56(60)50-48-46-44-42-40-38-36-23-21-19-17-15-13-11-9-7-2/h55-56,60H,6-54H2,1-5H3,(H-,58,61,62,63)/p+1/t55-,56+/m0/s1. The Morgan fingerprint density at radius 3 is 1.02 bits per heavy atom. The van der Waals surface area contributed by atoms with E-state index in [-0.39, 0.29) is 19.1 Å². The van der Waals surface area contributed by atoms with E-state index in [0.29, 0.717) is 23.9 Å². The summed E-state index contributed by atoms with van der Waals surface area (Å²) >= 11 is 0. The zero-order valence-corrected chi connectivity index (χ0v) is 46.1. The minimum Gasteiger partial charge on any atom is -0.391 e. The second-order valence-electron chi connectivity index (χ2n) is 21.7. The van der Waals surface area contributed by atoms with Crippen molar-refractivity contribution >= 4 is 13.7 Å². The number of likely N-dealkylation sites (N-methyl/N-ethyl adjacent to an activating group) is 1. The van der Waals surface area contributed by atoms with Crippen LogP contribution in [0.5, 0.6) is 0 Å². The van der Waals surface area contributed by atoms with Gasteiger partial charge in [0.25, 0.3) is 0 Å². The third-order valence-corrected chi connectivity index (χ3v) is 14.8. The van der Waals surface area contributed by atoms with Crippen LogP contribution in [0.2, 0.25) is 0 Å². The SMILES string of the molecule is CCCCCCCCCCCCCCCCCCCCCCCCCCCCCCC(=O)N[C@@H](COP(=O)(O)OCC[N+](C)(C)C)[C@H](O)CCCCCCCCCCCCCCCCCC. The number of hydrogen-bond donors (Lipinski definition) is 3. The molecular weight excluding hydrogens is 840 g/mol. The molecule has 0 fully saturated rings. The van der Waals surface area contributed by atoms with Crippen LogP contribution >= 0.6 is 7.82 Å². The number of amides is 1. The van der Waals surface area contributed by atoms with E-state index in [1.54, 1.807) is 0 Å². The van der Waals surface area contributed by atoms with Crippen LogP contribution in [-0.2, 0) is 18.4 Å². The van der Waals surface area contributed by atoms with Crippen LogP contribution in [-0.4, -0.2) is 73.4 Å². The van der Waals surface area contributed by atoms with Gasteiger partial charge in [0, 0.05) is 6.42 Å². The van der Waals surface area contributed by atoms with Crippen LogP contribution in [0.3, 0.4) is 0 Å². The summed E-state index contributed by atoms with van der Waals surface area (Å²) in [5.41, 5.74) is 0. The maximum absolute atomic E-state index is 13.0. The minimum atomic E-state index is -4.32. The first kappa shape index (κ1) is 65.5. The molecular formula is C57H118N2O6P+. The van der Waals surface area contributed by atoms with E-state index in [1.165, 1.54) is 244 Å². The van der Waals surface area contributed by atoms with E-state index < -0.39 is 20.0 Å². The Balaban J connectivity index is 4.04. The predicted octanol–water partition coefficient (Wildman–Crippen LogP) is 17.7. The average Bonchev–Trinajstić information content (AvgIpc) is 3.28. The number of nitrogens with zero attached hydrogens (tertiary/aromatic N) is 1. The average molecular weight is 959 g/mol. The molecule has 0 aromatic rings. The summed E-state index contributed by atoms with van der Waals surface area (Å²) in [5.74, 6) is -0.136. The number of quaternary nitrogens is 1. The zero-order valence-electron chi connectivity index (χ0n) is 45.2. The van der Waals surface area contributed by atoms with Gasteiger partial charge in [-0.2, -0.15) is 0 Å². The Bertz CT molecular complexity index is 1040. The van der Waals surface area contributed by atoms with Gasteiger partial charge >= 0.3 is 7.82 Å². The van der Waals surface area contributed by atoms with E-state index in [9.17, 15) is 19.4 Å². The fourth-order valence-electron chi connectivity index (χ4n) is 9.23. The molecule has 0 radical (unpaired) electrons. The molecule has 9 heteroatoms. The lowest BCUT2D eigenvalue weighted by atomic mass is 10.0. The van der Waals surface area contributed by atoms with E-state index in [0.717, 1.165) is 38.5 Å². The second-order valence-corrected chi connectivity index (χ2v) is 23.2. The minimum absolute atomic E-state index is 0.0791. The molecule has 3 atom stereocenters. The fraction of sp³-hybridized carbons (Fsp3) is 0.982. The van der Waals surface area contributed by atoms with Gasteiger partial charge in [0.05, 0.1) is 39.9 Å². The summed E-state index contributed by atoms with van der Waals surface area (Å²) in [7, 11) is 1.64. The Labute approximate surface area is 412 Å². The molecule has 1 unspecified atom stereocenters. The van der Waals surface area contributed by atoms with Crippen molar-refractivity contribution in [1.82, 2.24) is 5.32 Å². The van der Waals surface area contributed by atoms with E-state index in [4.69, 9.17) is 9.05 Å². The van der Waals surface area contributed by atoms with Gasteiger partial charge in [0.15, 0.2) is 0 Å². The molecule has 0 aromatic carbocycles. The van der Waals surface area contributed by atoms with Crippen molar-refractivity contribution < 1.29 is 32.9 Å². The highest BCUT2D eigenvalue weighted by Crippen LogP contribution is 2.43. The van der Waals surface area contributed by atoms with Crippen LogP contribution in [0.15, 0.2) is 0 Å². The molecule has 0 aliphatic rings. The quantitative estimate of drug-likeness (QED) is 0.0319. The number of aliphatic hydroxyl groups is 1. The lowest BCUT2D eigenvalue weighted by molar-refractivity contribution is -0.870. The van der Waals surface area contributed by atoms with Gasteiger partial charge in [-0.3, -0.25) is 13.8 Å². The summed E-state index contributed by atoms with van der Waals surface area (Å²) in [5, 5.41) is 14.1. The highest BCUT2D eigenvalue weighted by Gasteiger charge is 2.28. The molecule has 3 N–H and O–H groups in total. The van der Waals surface area contributed by atoms with Crippen molar-refractivity contribution in [3.63, 3.8) is 0 Å². The van der Waals surface area contributed by atoms with Gasteiger partial charge < -0.3 is 19.8 Å². The normalized spacial score (nSPS) is 13.9. The van der Waals surface area contributed by atoms with Crippen molar-refractivity contribution in [3.05, 3.63) is 0 Å². The highest BCUT2D eigenvalue weighted by atomic mass is 31.2. The molecule has 0 saturated carbocycles. The van der Waals surface area contributed by atoms with E-state index in [2.05, 4.69) is 19.2 Å². The van der Waals surface area contributed by atoms with E-state index >= 15 is 0 Å². The maximum Gasteiger partial charge on any atom is 0.472 e. The van der Waals surface area contributed by atoms with Crippen LogP contribution in [0.4, 0.5) is 0 Å². The van der Waals surface area contributed by atoms with E-state index in [1.807, 2.05) is 21.1 Å². The summed E-state index contributed by atoms with van der Waals surface area (Å²) in [4.78, 5) is 23.3. The number of rotatable bonds is 55. The lowest BCUT2D eigenvalue weighted by Crippen LogP contribution is -2.46. The molecule has 0 aliphatic carbocycles. The van der Waals surface area contributed by atoms with Crippen molar-refractivity contribution in [1.29, 1.82) is 0 Å². The van der Waals surface area contributed by atoms with Crippen LogP contribution in [0.25, 0.3) is 0 Å². The number of unbranched alkanes of at least 4 members (excludes halogenated alkanes) is 42. The van der Waals surface area contributed by atoms with Crippen molar-refractivity contribution in [3.8, 4) is 0 Å². The molecule has 0 saturated heterocycles. The van der Waals surface area contributed by atoms with Gasteiger partial charge in [-0.05, 0) is 12.8 Å². The van der Waals surface area contributed by atoms with Crippen LogP contribution in [0.1, 0.15) is 309 Å². The number of nitrogens with one attached hydrogen (secondary N) is 1. The molecule has 0 spiro atoms. The first-order valence-electron chi connectivity index (χ1n) is 29.4. The number of aliphatic hydroxyl groups excluding tert-OH is 1. The summed E-state index contributed by atoms with van der Waals surface area (Å²) in [6.07, 6.45) is 58.8. The largest absolute Gasteiger partial charge is 0.472 e. The number of phosphoric ester groups is 1.